The fourth-order valence-electron chi connectivity index (χ4n) is 4.03. The first kappa shape index (κ1) is 20.4. The lowest BCUT2D eigenvalue weighted by Gasteiger charge is -2.35. The topological polar surface area (TPSA) is 72.6 Å². The molecule has 1 aromatic carbocycles. The molecule has 0 atom stereocenters. The number of rotatable bonds is 5. The predicted octanol–water partition coefficient (Wildman–Crippen LogP) is 3.09. The minimum absolute atomic E-state index is 0.152. The molecule has 5 nitrogen and oxygen atoms in total. The summed E-state index contributed by atoms with van der Waals surface area (Å²) in [5.41, 5.74) is 8.33. The lowest BCUT2D eigenvalue weighted by molar-refractivity contribution is -0.133. The lowest BCUT2D eigenvalue weighted by atomic mass is 9.77. The van der Waals surface area contributed by atoms with Gasteiger partial charge < -0.3 is 15.4 Å². The molecular weight excluding hydrogens is 328 g/mol. The number of likely N-dealkylation sites (tertiary alicyclic amines) is 1. The molecule has 0 radical (unpaired) electrons. The average molecular weight is 360 g/mol. The highest BCUT2D eigenvalue weighted by atomic mass is 16.5. The summed E-state index contributed by atoms with van der Waals surface area (Å²) in [6, 6.07) is 3.95. The normalized spacial score (nSPS) is 15.8. The molecule has 0 aliphatic carbocycles. The van der Waals surface area contributed by atoms with Crippen LogP contribution in [0.4, 0.5) is 0 Å². The first-order valence-electron chi connectivity index (χ1n) is 9.42. The molecule has 0 aromatic heterocycles. The number of nitrogens with zero attached hydrogens (tertiary/aromatic N) is 1. The van der Waals surface area contributed by atoms with E-state index in [9.17, 15) is 9.59 Å². The second kappa shape index (κ2) is 8.21. The van der Waals surface area contributed by atoms with E-state index in [1.54, 1.807) is 0 Å². The molecule has 0 unspecified atom stereocenters. The molecule has 0 bridgehead atoms. The van der Waals surface area contributed by atoms with Crippen molar-refractivity contribution in [2.45, 2.75) is 59.3 Å². The number of piperidine rings is 1. The second-order valence-electron chi connectivity index (χ2n) is 8.17. The van der Waals surface area contributed by atoms with Gasteiger partial charge in [-0.25, -0.2) is 0 Å². The van der Waals surface area contributed by atoms with Crippen molar-refractivity contribution in [2.24, 2.45) is 11.7 Å². The van der Waals surface area contributed by atoms with Gasteiger partial charge in [-0.1, -0.05) is 19.9 Å². The van der Waals surface area contributed by atoms with E-state index in [0.29, 0.717) is 24.6 Å². The van der Waals surface area contributed by atoms with Crippen molar-refractivity contribution in [3.63, 3.8) is 0 Å². The Labute approximate surface area is 156 Å². The lowest BCUT2D eigenvalue weighted by Crippen LogP contribution is -2.42. The van der Waals surface area contributed by atoms with Crippen LogP contribution in [-0.2, 0) is 15.0 Å². The molecule has 5 heteroatoms. The van der Waals surface area contributed by atoms with Gasteiger partial charge >= 0.3 is 5.97 Å². The summed E-state index contributed by atoms with van der Waals surface area (Å²) >= 11 is 0. The largest absolute Gasteiger partial charge is 0.426 e. The molecule has 144 valence electrons. The highest BCUT2D eigenvalue weighted by Crippen LogP contribution is 2.38. The second-order valence-corrected chi connectivity index (χ2v) is 8.17. The molecule has 0 spiro atoms. The third-order valence-electron chi connectivity index (χ3n) is 5.27. The Morgan fingerprint density at radius 2 is 1.85 bits per heavy atom. The first-order chi connectivity index (χ1) is 12.1. The maximum atomic E-state index is 12.9. The number of aryl methyl sites for hydroxylation is 2. The molecule has 1 fully saturated rings. The molecule has 1 aliphatic rings. The molecule has 0 saturated carbocycles. The van der Waals surface area contributed by atoms with E-state index in [4.69, 9.17) is 10.5 Å². The van der Waals surface area contributed by atoms with E-state index >= 15 is 0 Å². The zero-order valence-corrected chi connectivity index (χ0v) is 16.7. The van der Waals surface area contributed by atoms with Crippen LogP contribution in [0.15, 0.2) is 12.1 Å². The Balaban J connectivity index is 2.21. The number of hydrogen-bond acceptors (Lipinski definition) is 4. The minimum atomic E-state index is -0.426. The molecule has 26 heavy (non-hydrogen) atoms. The number of nitrogens with two attached hydrogens (primary N) is 1. The van der Waals surface area contributed by atoms with Crippen LogP contribution < -0.4 is 10.5 Å². The zero-order chi connectivity index (χ0) is 19.5. The van der Waals surface area contributed by atoms with E-state index in [2.05, 4.69) is 6.07 Å². The fourth-order valence-corrected chi connectivity index (χ4v) is 4.03. The van der Waals surface area contributed by atoms with Crippen molar-refractivity contribution in [2.75, 3.05) is 19.6 Å². The SMILES string of the molecule is CC(=O)Oc1cc(C)cc(C)c1C(C)(C)CC(=O)N1CCC(CN)CC1. The van der Waals surface area contributed by atoms with Crippen molar-refractivity contribution in [1.29, 1.82) is 0 Å². The Morgan fingerprint density at radius 1 is 1.23 bits per heavy atom. The Hall–Kier alpha value is -1.88. The van der Waals surface area contributed by atoms with Crippen LogP contribution in [0.5, 0.6) is 5.75 Å². The zero-order valence-electron chi connectivity index (χ0n) is 16.7. The number of esters is 1. The third kappa shape index (κ3) is 4.85. The monoisotopic (exact) mass is 360 g/mol. The molecule has 1 aliphatic heterocycles. The summed E-state index contributed by atoms with van der Waals surface area (Å²) in [5.74, 6) is 0.901. The summed E-state index contributed by atoms with van der Waals surface area (Å²) in [7, 11) is 0. The van der Waals surface area contributed by atoms with Crippen molar-refractivity contribution >= 4 is 11.9 Å². The van der Waals surface area contributed by atoms with Crippen LogP contribution in [0.2, 0.25) is 0 Å². The highest BCUT2D eigenvalue weighted by molar-refractivity contribution is 5.78. The summed E-state index contributed by atoms with van der Waals surface area (Å²) in [4.78, 5) is 26.4. The van der Waals surface area contributed by atoms with Crippen LogP contribution in [-0.4, -0.2) is 36.4 Å². The van der Waals surface area contributed by atoms with E-state index in [0.717, 1.165) is 42.6 Å². The van der Waals surface area contributed by atoms with Crippen LogP contribution in [0.1, 0.15) is 56.7 Å². The molecular formula is C21H32N2O3. The van der Waals surface area contributed by atoms with Crippen molar-refractivity contribution in [3.05, 3.63) is 28.8 Å². The standard InChI is InChI=1S/C21H32N2O3/c1-14-10-15(2)20(18(11-14)26-16(3)24)21(4,5)12-19(25)23-8-6-17(13-22)7-9-23/h10-11,17H,6-9,12-13,22H2,1-5H3. The summed E-state index contributed by atoms with van der Waals surface area (Å²) in [5, 5.41) is 0. The molecule has 2 N–H and O–H groups in total. The minimum Gasteiger partial charge on any atom is -0.426 e. The van der Waals surface area contributed by atoms with E-state index in [1.165, 1.54) is 6.92 Å². The number of carbonyl (C=O) groups excluding carboxylic acids is 2. The Kier molecular flexibility index (Phi) is 6.45. The van der Waals surface area contributed by atoms with Gasteiger partial charge in [0.05, 0.1) is 0 Å². The van der Waals surface area contributed by atoms with Gasteiger partial charge in [0.25, 0.3) is 0 Å². The van der Waals surface area contributed by atoms with Crippen LogP contribution in [0, 0.1) is 19.8 Å². The van der Waals surface area contributed by atoms with Gasteiger partial charge in [0.1, 0.15) is 5.75 Å². The quantitative estimate of drug-likeness (QED) is 0.647. The third-order valence-corrected chi connectivity index (χ3v) is 5.27. The number of carbonyl (C=O) groups is 2. The van der Waals surface area contributed by atoms with E-state index in [1.807, 2.05) is 38.7 Å². The van der Waals surface area contributed by atoms with Gasteiger partial charge in [0.15, 0.2) is 0 Å². The molecule has 2 rings (SSSR count). The average Bonchev–Trinajstić information content (AvgIpc) is 2.52. The summed E-state index contributed by atoms with van der Waals surface area (Å²) in [6.45, 7) is 11.7. The summed E-state index contributed by atoms with van der Waals surface area (Å²) in [6.07, 6.45) is 2.34. The maximum Gasteiger partial charge on any atom is 0.308 e. The Bertz CT molecular complexity index is 674. The Morgan fingerprint density at radius 3 is 2.38 bits per heavy atom. The van der Waals surface area contributed by atoms with Gasteiger partial charge in [0.2, 0.25) is 5.91 Å². The summed E-state index contributed by atoms with van der Waals surface area (Å²) < 4.78 is 5.47. The van der Waals surface area contributed by atoms with Crippen molar-refractivity contribution < 1.29 is 14.3 Å². The predicted molar refractivity (Wildman–Crippen MR) is 103 cm³/mol. The number of ether oxygens (including phenoxy) is 1. The maximum absolute atomic E-state index is 12.9. The molecule has 1 aromatic rings. The number of hydrogen-bond donors (Lipinski definition) is 1. The van der Waals surface area contributed by atoms with Gasteiger partial charge in [-0.3, -0.25) is 9.59 Å². The van der Waals surface area contributed by atoms with Gasteiger partial charge in [-0.05, 0) is 56.3 Å². The first-order valence-corrected chi connectivity index (χ1v) is 9.42. The van der Waals surface area contributed by atoms with Gasteiger partial charge in [0, 0.05) is 37.4 Å². The van der Waals surface area contributed by atoms with Crippen LogP contribution >= 0.6 is 0 Å². The number of amides is 1. The van der Waals surface area contributed by atoms with E-state index < -0.39 is 5.41 Å². The van der Waals surface area contributed by atoms with Gasteiger partial charge in [-0.2, -0.15) is 0 Å². The highest BCUT2D eigenvalue weighted by Gasteiger charge is 2.32. The molecule has 1 saturated heterocycles. The van der Waals surface area contributed by atoms with Crippen LogP contribution in [0.25, 0.3) is 0 Å². The van der Waals surface area contributed by atoms with E-state index in [-0.39, 0.29) is 11.9 Å². The molecule has 1 heterocycles. The smallest absolute Gasteiger partial charge is 0.308 e. The number of benzene rings is 1. The van der Waals surface area contributed by atoms with Crippen LogP contribution in [0.3, 0.4) is 0 Å². The van der Waals surface area contributed by atoms with Gasteiger partial charge in [-0.15, -0.1) is 0 Å². The fraction of sp³-hybridized carbons (Fsp3) is 0.619. The van der Waals surface area contributed by atoms with Crippen molar-refractivity contribution in [1.82, 2.24) is 4.90 Å². The van der Waals surface area contributed by atoms with Crippen molar-refractivity contribution in [3.8, 4) is 5.75 Å². The molecule has 1 amide bonds.